The molecule has 4 rings (SSSR count). The van der Waals surface area contributed by atoms with Crippen LogP contribution >= 0.6 is 0 Å². The predicted octanol–water partition coefficient (Wildman–Crippen LogP) is 2.90. The zero-order chi connectivity index (χ0) is 19.5. The molecule has 1 aliphatic heterocycles. The number of aromatic nitrogens is 5. The molecule has 3 aromatic rings. The molecule has 0 atom stereocenters. The molecule has 9 heteroatoms. The SMILES string of the molecule is CCCc1noc(-c2cn(C3CCN(C(=O)c4cccc(F)c4)CC3)nn2)n1. The zero-order valence-electron chi connectivity index (χ0n) is 15.6. The van der Waals surface area contributed by atoms with Crippen molar-refractivity contribution in [2.45, 2.75) is 38.6 Å². The van der Waals surface area contributed by atoms with Crippen molar-refractivity contribution in [1.82, 2.24) is 30.0 Å². The maximum atomic E-state index is 13.4. The first-order valence-electron chi connectivity index (χ1n) is 9.43. The number of benzene rings is 1. The Hall–Kier alpha value is -3.10. The first-order valence-corrected chi connectivity index (χ1v) is 9.43. The number of rotatable bonds is 5. The average Bonchev–Trinajstić information content (AvgIpc) is 3.37. The number of piperidine rings is 1. The van der Waals surface area contributed by atoms with Crippen LogP contribution in [0.1, 0.15) is 48.4 Å². The van der Waals surface area contributed by atoms with Crippen LogP contribution in [0.2, 0.25) is 0 Å². The molecule has 2 aromatic heterocycles. The lowest BCUT2D eigenvalue weighted by atomic mass is 10.0. The van der Waals surface area contributed by atoms with Gasteiger partial charge in [0.1, 0.15) is 5.82 Å². The molecule has 1 aromatic carbocycles. The Balaban J connectivity index is 1.39. The summed E-state index contributed by atoms with van der Waals surface area (Å²) in [7, 11) is 0. The molecule has 1 fully saturated rings. The van der Waals surface area contributed by atoms with Crippen LogP contribution in [0, 0.1) is 5.82 Å². The van der Waals surface area contributed by atoms with Crippen LogP contribution in [0.3, 0.4) is 0 Å². The second kappa shape index (κ2) is 7.87. The summed E-state index contributed by atoms with van der Waals surface area (Å²) >= 11 is 0. The maximum Gasteiger partial charge on any atom is 0.280 e. The van der Waals surface area contributed by atoms with Gasteiger partial charge in [-0.1, -0.05) is 23.4 Å². The van der Waals surface area contributed by atoms with E-state index in [-0.39, 0.29) is 11.9 Å². The van der Waals surface area contributed by atoms with Crippen molar-refractivity contribution in [2.75, 3.05) is 13.1 Å². The van der Waals surface area contributed by atoms with Crippen molar-refractivity contribution in [3.8, 4) is 11.6 Å². The van der Waals surface area contributed by atoms with Gasteiger partial charge < -0.3 is 9.42 Å². The molecule has 8 nitrogen and oxygen atoms in total. The quantitative estimate of drug-likeness (QED) is 0.672. The number of halogens is 1. The first-order chi connectivity index (χ1) is 13.6. The van der Waals surface area contributed by atoms with Gasteiger partial charge in [0.2, 0.25) is 0 Å². The Morgan fingerprint density at radius 3 is 2.89 bits per heavy atom. The van der Waals surface area contributed by atoms with Crippen molar-refractivity contribution in [2.24, 2.45) is 0 Å². The monoisotopic (exact) mass is 384 g/mol. The molecule has 0 bridgehead atoms. The van der Waals surface area contributed by atoms with Crippen LogP contribution in [-0.4, -0.2) is 49.0 Å². The van der Waals surface area contributed by atoms with Gasteiger partial charge in [0.25, 0.3) is 11.8 Å². The number of aryl methyl sites for hydroxylation is 1. The fourth-order valence-electron chi connectivity index (χ4n) is 3.37. The molecule has 0 aliphatic carbocycles. The largest absolute Gasteiger partial charge is 0.338 e. The first kappa shape index (κ1) is 18.3. The summed E-state index contributed by atoms with van der Waals surface area (Å²) in [5.41, 5.74) is 0.925. The van der Waals surface area contributed by atoms with Gasteiger partial charge in [-0.05, 0) is 37.5 Å². The number of carbonyl (C=O) groups is 1. The molecule has 0 N–H and O–H groups in total. The van der Waals surface area contributed by atoms with Crippen molar-refractivity contribution < 1.29 is 13.7 Å². The van der Waals surface area contributed by atoms with E-state index in [4.69, 9.17) is 4.52 Å². The van der Waals surface area contributed by atoms with E-state index < -0.39 is 5.82 Å². The van der Waals surface area contributed by atoms with Crippen LogP contribution in [0.4, 0.5) is 4.39 Å². The van der Waals surface area contributed by atoms with Crippen molar-refractivity contribution in [3.63, 3.8) is 0 Å². The van der Waals surface area contributed by atoms with E-state index >= 15 is 0 Å². The van der Waals surface area contributed by atoms with Gasteiger partial charge in [-0.15, -0.1) is 5.10 Å². The van der Waals surface area contributed by atoms with Crippen LogP contribution < -0.4 is 0 Å². The van der Waals surface area contributed by atoms with E-state index in [0.29, 0.717) is 36.1 Å². The highest BCUT2D eigenvalue weighted by Gasteiger charge is 2.26. The second-order valence-electron chi connectivity index (χ2n) is 6.88. The van der Waals surface area contributed by atoms with E-state index in [0.717, 1.165) is 25.7 Å². The molecule has 1 saturated heterocycles. The highest BCUT2D eigenvalue weighted by atomic mass is 19.1. The standard InChI is InChI=1S/C19H21FN6O2/c1-2-4-17-21-18(28-23-17)16-12-26(24-22-16)15-7-9-25(10-8-15)19(27)13-5-3-6-14(20)11-13/h3,5-6,11-12,15H,2,4,7-10H2,1H3. The minimum atomic E-state index is -0.404. The summed E-state index contributed by atoms with van der Waals surface area (Å²) in [6.07, 6.45) is 5.00. The number of carbonyl (C=O) groups excluding carboxylic acids is 1. The van der Waals surface area contributed by atoms with Crippen molar-refractivity contribution in [1.29, 1.82) is 0 Å². The Morgan fingerprint density at radius 2 is 2.14 bits per heavy atom. The minimum absolute atomic E-state index is 0.135. The van der Waals surface area contributed by atoms with Gasteiger partial charge in [-0.25, -0.2) is 9.07 Å². The minimum Gasteiger partial charge on any atom is -0.338 e. The van der Waals surface area contributed by atoms with E-state index in [2.05, 4.69) is 27.4 Å². The Kier molecular flexibility index (Phi) is 5.14. The summed E-state index contributed by atoms with van der Waals surface area (Å²) in [5.74, 6) is 0.482. The zero-order valence-corrected chi connectivity index (χ0v) is 15.6. The van der Waals surface area contributed by atoms with Gasteiger partial charge in [0.05, 0.1) is 12.2 Å². The fraction of sp³-hybridized carbons (Fsp3) is 0.421. The third kappa shape index (κ3) is 3.78. The van der Waals surface area contributed by atoms with E-state index in [1.807, 2.05) is 0 Å². The molecule has 1 amide bonds. The molecule has 146 valence electrons. The predicted molar refractivity (Wildman–Crippen MR) is 97.9 cm³/mol. The molecular formula is C19H21FN6O2. The van der Waals surface area contributed by atoms with E-state index in [1.165, 1.54) is 12.1 Å². The topological polar surface area (TPSA) is 89.9 Å². The Morgan fingerprint density at radius 1 is 1.32 bits per heavy atom. The summed E-state index contributed by atoms with van der Waals surface area (Å²) in [6, 6.07) is 5.93. The van der Waals surface area contributed by atoms with Crippen LogP contribution in [0.25, 0.3) is 11.6 Å². The number of hydrogen-bond acceptors (Lipinski definition) is 6. The third-order valence-corrected chi connectivity index (χ3v) is 4.87. The average molecular weight is 384 g/mol. The summed E-state index contributed by atoms with van der Waals surface area (Å²) in [6.45, 7) is 3.21. The van der Waals surface area contributed by atoms with Gasteiger partial charge >= 0.3 is 0 Å². The van der Waals surface area contributed by atoms with Gasteiger partial charge in [0.15, 0.2) is 11.5 Å². The summed E-state index contributed by atoms with van der Waals surface area (Å²) in [4.78, 5) is 18.6. The molecule has 28 heavy (non-hydrogen) atoms. The number of nitrogens with zero attached hydrogens (tertiary/aromatic N) is 6. The summed E-state index contributed by atoms with van der Waals surface area (Å²) < 4.78 is 20.4. The molecule has 1 aliphatic rings. The maximum absolute atomic E-state index is 13.4. The van der Waals surface area contributed by atoms with Gasteiger partial charge in [0, 0.05) is 25.1 Å². The van der Waals surface area contributed by atoms with Crippen molar-refractivity contribution in [3.05, 3.63) is 47.7 Å². The fourth-order valence-corrected chi connectivity index (χ4v) is 3.37. The van der Waals surface area contributed by atoms with Crippen LogP contribution in [0.15, 0.2) is 35.0 Å². The lowest BCUT2D eigenvalue weighted by Crippen LogP contribution is -2.39. The highest BCUT2D eigenvalue weighted by Crippen LogP contribution is 2.25. The number of likely N-dealkylation sites (tertiary alicyclic amines) is 1. The van der Waals surface area contributed by atoms with Crippen LogP contribution in [0.5, 0.6) is 0 Å². The Labute approximate surface area is 161 Å². The second-order valence-corrected chi connectivity index (χ2v) is 6.88. The lowest BCUT2D eigenvalue weighted by molar-refractivity contribution is 0.0688. The number of amides is 1. The molecule has 0 saturated carbocycles. The molecule has 0 radical (unpaired) electrons. The lowest BCUT2D eigenvalue weighted by Gasteiger charge is -2.31. The normalized spacial score (nSPS) is 15.1. The molecule has 0 spiro atoms. The van der Waals surface area contributed by atoms with E-state index in [1.54, 1.807) is 27.9 Å². The molecule has 0 unspecified atom stereocenters. The molecular weight excluding hydrogens is 363 g/mol. The Bertz CT molecular complexity index is 961. The third-order valence-electron chi connectivity index (χ3n) is 4.87. The van der Waals surface area contributed by atoms with E-state index in [9.17, 15) is 9.18 Å². The van der Waals surface area contributed by atoms with Crippen LogP contribution in [-0.2, 0) is 6.42 Å². The molecule has 3 heterocycles. The smallest absolute Gasteiger partial charge is 0.280 e. The van der Waals surface area contributed by atoms with Crippen molar-refractivity contribution >= 4 is 5.91 Å². The highest BCUT2D eigenvalue weighted by molar-refractivity contribution is 5.94. The van der Waals surface area contributed by atoms with Gasteiger partial charge in [-0.2, -0.15) is 4.98 Å². The number of hydrogen-bond donors (Lipinski definition) is 0. The summed E-state index contributed by atoms with van der Waals surface area (Å²) in [5, 5.41) is 12.3. The van der Waals surface area contributed by atoms with Gasteiger partial charge in [-0.3, -0.25) is 4.79 Å².